The van der Waals surface area contributed by atoms with Crippen LogP contribution in [-0.4, -0.2) is 39.8 Å². The Morgan fingerprint density at radius 3 is 2.80 bits per heavy atom. The molecule has 132 valence electrons. The van der Waals surface area contributed by atoms with Gasteiger partial charge in [-0.3, -0.25) is 4.79 Å². The van der Waals surface area contributed by atoms with Gasteiger partial charge in [0.05, 0.1) is 19.8 Å². The molecule has 0 spiro atoms. The van der Waals surface area contributed by atoms with E-state index in [1.807, 2.05) is 24.3 Å². The van der Waals surface area contributed by atoms with Crippen molar-refractivity contribution in [1.29, 1.82) is 0 Å². The molecule has 1 amide bonds. The molecular formula is C20H24N2O3. The highest BCUT2D eigenvalue weighted by atomic mass is 16.5. The van der Waals surface area contributed by atoms with Crippen molar-refractivity contribution >= 4 is 11.6 Å². The molecule has 1 N–H and O–H groups in total. The smallest absolute Gasteiger partial charge is 0.255 e. The lowest BCUT2D eigenvalue weighted by atomic mass is 10.1. The highest BCUT2D eigenvalue weighted by molar-refractivity contribution is 5.96. The first-order valence-corrected chi connectivity index (χ1v) is 8.51. The molecule has 2 aromatic rings. The molecule has 1 aliphatic rings. The third-order valence-corrected chi connectivity index (χ3v) is 4.61. The van der Waals surface area contributed by atoms with Crippen LogP contribution in [0.5, 0.6) is 11.5 Å². The Morgan fingerprint density at radius 1 is 1.16 bits per heavy atom. The van der Waals surface area contributed by atoms with Crippen molar-refractivity contribution in [2.45, 2.75) is 6.42 Å². The number of nitrogens with zero attached hydrogens (tertiary/aromatic N) is 1. The molecule has 2 aromatic carbocycles. The maximum Gasteiger partial charge on any atom is 0.255 e. The van der Waals surface area contributed by atoms with Gasteiger partial charge in [-0.2, -0.15) is 0 Å². The second kappa shape index (κ2) is 7.92. The molecule has 0 bridgehead atoms. The molecule has 0 aliphatic carbocycles. The Morgan fingerprint density at radius 2 is 2.00 bits per heavy atom. The van der Waals surface area contributed by atoms with Gasteiger partial charge in [-0.05, 0) is 36.6 Å². The number of carbonyl (C=O) groups is 1. The lowest BCUT2D eigenvalue weighted by Gasteiger charge is -2.19. The van der Waals surface area contributed by atoms with E-state index in [0.717, 1.165) is 30.9 Å². The normalized spacial score (nSPS) is 16.6. The highest BCUT2D eigenvalue weighted by Crippen LogP contribution is 2.26. The van der Waals surface area contributed by atoms with Crippen LogP contribution >= 0.6 is 0 Å². The summed E-state index contributed by atoms with van der Waals surface area (Å²) in [6.45, 7) is 2.58. The van der Waals surface area contributed by atoms with Crippen LogP contribution in [0.2, 0.25) is 0 Å². The molecule has 1 heterocycles. The molecule has 0 unspecified atom stereocenters. The first-order valence-electron chi connectivity index (χ1n) is 8.51. The summed E-state index contributed by atoms with van der Waals surface area (Å²) in [7, 11) is 3.26. The van der Waals surface area contributed by atoms with Gasteiger partial charge in [-0.1, -0.05) is 18.2 Å². The van der Waals surface area contributed by atoms with Gasteiger partial charge in [0.1, 0.15) is 11.5 Å². The molecule has 1 aliphatic heterocycles. The van der Waals surface area contributed by atoms with Gasteiger partial charge < -0.3 is 19.7 Å². The Kier molecular flexibility index (Phi) is 5.43. The topological polar surface area (TPSA) is 50.8 Å². The van der Waals surface area contributed by atoms with Crippen LogP contribution in [0.3, 0.4) is 0 Å². The molecule has 0 radical (unpaired) electrons. The highest BCUT2D eigenvalue weighted by Gasteiger charge is 2.24. The number of carbonyl (C=O) groups excluding carboxylic acids is 1. The van der Waals surface area contributed by atoms with Gasteiger partial charge in [0.2, 0.25) is 0 Å². The summed E-state index contributed by atoms with van der Waals surface area (Å²) in [6, 6.07) is 15.4. The van der Waals surface area contributed by atoms with E-state index < -0.39 is 0 Å². The van der Waals surface area contributed by atoms with Crippen LogP contribution in [0, 0.1) is 5.92 Å². The fourth-order valence-corrected chi connectivity index (χ4v) is 3.21. The Balaban J connectivity index is 1.55. The number of hydrogen-bond acceptors (Lipinski definition) is 4. The van der Waals surface area contributed by atoms with E-state index in [4.69, 9.17) is 9.47 Å². The Bertz CT molecular complexity index is 732. The molecule has 1 fully saturated rings. The molecule has 5 heteroatoms. The van der Waals surface area contributed by atoms with Crippen LogP contribution in [0.4, 0.5) is 5.69 Å². The summed E-state index contributed by atoms with van der Waals surface area (Å²) in [6.07, 6.45) is 1.06. The third-order valence-electron chi connectivity index (χ3n) is 4.61. The van der Waals surface area contributed by atoms with Gasteiger partial charge in [-0.15, -0.1) is 0 Å². The second-order valence-electron chi connectivity index (χ2n) is 6.21. The van der Waals surface area contributed by atoms with Crippen LogP contribution in [0.1, 0.15) is 16.8 Å². The molecule has 1 atom stereocenters. The van der Waals surface area contributed by atoms with Gasteiger partial charge in [0.25, 0.3) is 5.91 Å². The third kappa shape index (κ3) is 4.05. The number of rotatable bonds is 6. The van der Waals surface area contributed by atoms with Gasteiger partial charge in [0.15, 0.2) is 0 Å². The standard InChI is InChI=1S/C20H24N2O3/c1-24-17-7-5-6-16(12-17)22-11-10-15(14-22)13-21-20(23)18-8-3-4-9-19(18)25-2/h3-9,12,15H,10-11,13-14H2,1-2H3,(H,21,23)/t15-/m0/s1. The van der Waals surface area contributed by atoms with Crippen LogP contribution in [-0.2, 0) is 0 Å². The predicted molar refractivity (Wildman–Crippen MR) is 98.6 cm³/mol. The van der Waals surface area contributed by atoms with E-state index in [9.17, 15) is 4.79 Å². The lowest BCUT2D eigenvalue weighted by molar-refractivity contribution is 0.0945. The first kappa shape index (κ1) is 17.1. The Labute approximate surface area is 148 Å². The fourth-order valence-electron chi connectivity index (χ4n) is 3.21. The number of ether oxygens (including phenoxy) is 2. The van der Waals surface area contributed by atoms with E-state index in [0.29, 0.717) is 23.8 Å². The quantitative estimate of drug-likeness (QED) is 0.878. The van der Waals surface area contributed by atoms with E-state index in [-0.39, 0.29) is 5.91 Å². The van der Waals surface area contributed by atoms with Crippen molar-refractivity contribution in [2.24, 2.45) is 5.92 Å². The lowest BCUT2D eigenvalue weighted by Crippen LogP contribution is -2.31. The number of amides is 1. The number of para-hydroxylation sites is 1. The Hall–Kier alpha value is -2.69. The maximum atomic E-state index is 12.4. The zero-order chi connectivity index (χ0) is 17.6. The van der Waals surface area contributed by atoms with Gasteiger partial charge >= 0.3 is 0 Å². The zero-order valence-corrected chi connectivity index (χ0v) is 14.7. The first-order chi connectivity index (χ1) is 12.2. The minimum atomic E-state index is -0.0859. The summed E-state index contributed by atoms with van der Waals surface area (Å²) >= 11 is 0. The van der Waals surface area contributed by atoms with Crippen molar-refractivity contribution in [3.05, 3.63) is 54.1 Å². The van der Waals surface area contributed by atoms with E-state index in [1.165, 1.54) is 0 Å². The van der Waals surface area contributed by atoms with E-state index in [1.54, 1.807) is 26.4 Å². The molecule has 0 saturated carbocycles. The minimum absolute atomic E-state index is 0.0859. The van der Waals surface area contributed by atoms with Crippen LogP contribution in [0.25, 0.3) is 0 Å². The summed E-state index contributed by atoms with van der Waals surface area (Å²) < 4.78 is 10.5. The van der Waals surface area contributed by atoms with Crippen molar-refractivity contribution < 1.29 is 14.3 Å². The minimum Gasteiger partial charge on any atom is -0.497 e. The number of nitrogens with one attached hydrogen (secondary N) is 1. The van der Waals surface area contributed by atoms with E-state index >= 15 is 0 Å². The molecule has 25 heavy (non-hydrogen) atoms. The molecule has 3 rings (SSSR count). The van der Waals surface area contributed by atoms with Crippen molar-refractivity contribution in [3.8, 4) is 11.5 Å². The number of hydrogen-bond donors (Lipinski definition) is 1. The number of benzene rings is 2. The second-order valence-corrected chi connectivity index (χ2v) is 6.21. The maximum absolute atomic E-state index is 12.4. The van der Waals surface area contributed by atoms with Gasteiger partial charge in [-0.25, -0.2) is 0 Å². The van der Waals surface area contributed by atoms with Crippen LogP contribution in [0.15, 0.2) is 48.5 Å². The van der Waals surface area contributed by atoms with Gasteiger partial charge in [0, 0.05) is 31.4 Å². The largest absolute Gasteiger partial charge is 0.497 e. The number of methoxy groups -OCH3 is 2. The summed E-state index contributed by atoms with van der Waals surface area (Å²) in [5.74, 6) is 1.82. The molecule has 1 saturated heterocycles. The predicted octanol–water partition coefficient (Wildman–Crippen LogP) is 2.96. The summed E-state index contributed by atoms with van der Waals surface area (Å²) in [5.41, 5.74) is 1.74. The average Bonchev–Trinajstić information content (AvgIpc) is 3.15. The fraction of sp³-hybridized carbons (Fsp3) is 0.350. The molecule has 5 nitrogen and oxygen atoms in total. The average molecular weight is 340 g/mol. The molecule has 0 aromatic heterocycles. The monoisotopic (exact) mass is 340 g/mol. The van der Waals surface area contributed by atoms with Crippen molar-refractivity contribution in [2.75, 3.05) is 38.8 Å². The summed E-state index contributed by atoms with van der Waals surface area (Å²) in [4.78, 5) is 14.7. The molecular weight excluding hydrogens is 316 g/mol. The van der Waals surface area contributed by atoms with Crippen molar-refractivity contribution in [1.82, 2.24) is 5.32 Å². The van der Waals surface area contributed by atoms with Crippen LogP contribution < -0.4 is 19.7 Å². The number of anilines is 1. The summed E-state index contributed by atoms with van der Waals surface area (Å²) in [5, 5.41) is 3.04. The SMILES string of the molecule is COc1cccc(N2CC[C@@H](CNC(=O)c3ccccc3OC)C2)c1. The zero-order valence-electron chi connectivity index (χ0n) is 14.7. The van der Waals surface area contributed by atoms with Crippen molar-refractivity contribution in [3.63, 3.8) is 0 Å². The van der Waals surface area contributed by atoms with E-state index in [2.05, 4.69) is 22.3 Å².